The van der Waals surface area contributed by atoms with Gasteiger partial charge in [-0.3, -0.25) is 9.69 Å². The third kappa shape index (κ3) is 3.34. The zero-order chi connectivity index (χ0) is 14.6. The fraction of sp³-hybridized carbons (Fsp3) is 0.938. The Kier molecular flexibility index (Phi) is 5.08. The van der Waals surface area contributed by atoms with Crippen LogP contribution in [0.25, 0.3) is 0 Å². The average molecular weight is 282 g/mol. The number of carbonyl (C=O) groups is 1. The van der Waals surface area contributed by atoms with E-state index in [4.69, 9.17) is 4.74 Å². The summed E-state index contributed by atoms with van der Waals surface area (Å²) < 4.78 is 5.46. The van der Waals surface area contributed by atoms with Gasteiger partial charge in [-0.25, -0.2) is 0 Å². The van der Waals surface area contributed by atoms with Crippen molar-refractivity contribution in [3.63, 3.8) is 0 Å². The maximum Gasteiger partial charge on any atom is 0.326 e. The van der Waals surface area contributed by atoms with E-state index in [0.29, 0.717) is 12.0 Å². The Balaban J connectivity index is 2.21. The minimum atomic E-state index is -0.369. The highest BCUT2D eigenvalue weighted by Crippen LogP contribution is 2.41. The number of piperazine rings is 1. The van der Waals surface area contributed by atoms with Gasteiger partial charge in [0, 0.05) is 26.2 Å². The number of nitrogens with zero attached hydrogens (tertiary/aromatic N) is 1. The first kappa shape index (κ1) is 15.8. The molecular formula is C16H30N2O2. The van der Waals surface area contributed by atoms with Crippen molar-refractivity contribution in [2.75, 3.05) is 32.8 Å². The molecule has 4 nitrogen and oxygen atoms in total. The van der Waals surface area contributed by atoms with Crippen molar-refractivity contribution in [1.82, 2.24) is 10.2 Å². The summed E-state index contributed by atoms with van der Waals surface area (Å²) in [5, 5.41) is 3.38. The molecule has 1 saturated heterocycles. The number of nitrogens with one attached hydrogen (secondary N) is 1. The number of rotatable bonds is 3. The lowest BCUT2D eigenvalue weighted by atomic mass is 9.82. The normalized spacial score (nSPS) is 31.6. The molecule has 1 aliphatic carbocycles. The largest absolute Gasteiger partial charge is 0.465 e. The minimum Gasteiger partial charge on any atom is -0.465 e. The zero-order valence-electron chi connectivity index (χ0n) is 13.3. The lowest BCUT2D eigenvalue weighted by molar-refractivity contribution is -0.160. The lowest BCUT2D eigenvalue weighted by Gasteiger charge is -2.43. The lowest BCUT2D eigenvalue weighted by Crippen LogP contribution is -2.60. The molecular weight excluding hydrogens is 252 g/mol. The summed E-state index contributed by atoms with van der Waals surface area (Å²) in [5.74, 6) is 0.0135. The van der Waals surface area contributed by atoms with Crippen molar-refractivity contribution < 1.29 is 9.53 Å². The molecule has 1 atom stereocenters. The van der Waals surface area contributed by atoms with E-state index in [9.17, 15) is 4.79 Å². The van der Waals surface area contributed by atoms with E-state index >= 15 is 0 Å². The van der Waals surface area contributed by atoms with Crippen molar-refractivity contribution in [1.29, 1.82) is 0 Å². The Labute approximate surface area is 123 Å². The van der Waals surface area contributed by atoms with Crippen LogP contribution in [-0.2, 0) is 9.53 Å². The Hall–Kier alpha value is -0.610. The number of esters is 1. The second kappa shape index (κ2) is 6.44. The molecule has 0 spiro atoms. The van der Waals surface area contributed by atoms with Crippen LogP contribution in [0.2, 0.25) is 0 Å². The van der Waals surface area contributed by atoms with Gasteiger partial charge in [0.05, 0.1) is 6.61 Å². The molecule has 1 unspecified atom stereocenters. The van der Waals surface area contributed by atoms with Gasteiger partial charge in [0.2, 0.25) is 0 Å². The molecule has 0 radical (unpaired) electrons. The predicted octanol–water partition coefficient (Wildman–Crippen LogP) is 2.18. The highest BCUT2D eigenvalue weighted by atomic mass is 16.5. The second-order valence-electron chi connectivity index (χ2n) is 7.01. The van der Waals surface area contributed by atoms with Crippen LogP contribution >= 0.6 is 0 Å². The van der Waals surface area contributed by atoms with Gasteiger partial charge in [-0.05, 0) is 38.0 Å². The fourth-order valence-corrected chi connectivity index (χ4v) is 3.66. The van der Waals surface area contributed by atoms with Gasteiger partial charge in [-0.15, -0.1) is 0 Å². The van der Waals surface area contributed by atoms with E-state index in [-0.39, 0.29) is 11.5 Å². The fourth-order valence-electron chi connectivity index (χ4n) is 3.66. The van der Waals surface area contributed by atoms with Gasteiger partial charge < -0.3 is 10.1 Å². The van der Waals surface area contributed by atoms with Crippen LogP contribution < -0.4 is 5.32 Å². The first-order chi connectivity index (χ1) is 9.50. The first-order valence-corrected chi connectivity index (χ1v) is 8.13. The standard InChI is InChI=1S/C16H30N2O2/c1-4-20-14(19)16(18-12-10-17-11-13-18)7-5-6-15(2,3)8-9-16/h17H,4-13H2,1-3H3. The Bertz CT molecular complexity index is 337. The van der Waals surface area contributed by atoms with Crippen LogP contribution in [0.1, 0.15) is 52.9 Å². The smallest absolute Gasteiger partial charge is 0.326 e. The molecule has 0 aromatic rings. The highest BCUT2D eigenvalue weighted by Gasteiger charge is 2.47. The van der Waals surface area contributed by atoms with Crippen LogP contribution in [0.5, 0.6) is 0 Å². The number of ether oxygens (including phenoxy) is 1. The van der Waals surface area contributed by atoms with Crippen LogP contribution in [0, 0.1) is 5.41 Å². The number of hydrogen-bond acceptors (Lipinski definition) is 4. The van der Waals surface area contributed by atoms with Crippen molar-refractivity contribution in [2.24, 2.45) is 5.41 Å². The van der Waals surface area contributed by atoms with Gasteiger partial charge in [0.1, 0.15) is 5.54 Å². The van der Waals surface area contributed by atoms with Crippen molar-refractivity contribution in [3.05, 3.63) is 0 Å². The zero-order valence-corrected chi connectivity index (χ0v) is 13.3. The van der Waals surface area contributed by atoms with E-state index in [1.807, 2.05) is 6.92 Å². The Morgan fingerprint density at radius 1 is 1.15 bits per heavy atom. The SMILES string of the molecule is CCOC(=O)C1(N2CCNCC2)CCCC(C)(C)CC1. The molecule has 4 heteroatoms. The maximum atomic E-state index is 12.7. The maximum absolute atomic E-state index is 12.7. The summed E-state index contributed by atoms with van der Waals surface area (Å²) in [4.78, 5) is 15.1. The quantitative estimate of drug-likeness (QED) is 0.636. The summed E-state index contributed by atoms with van der Waals surface area (Å²) in [6.45, 7) is 10.9. The molecule has 2 rings (SSSR count). The molecule has 0 aromatic carbocycles. The summed E-state index contributed by atoms with van der Waals surface area (Å²) >= 11 is 0. The van der Waals surface area contributed by atoms with Crippen LogP contribution in [0.4, 0.5) is 0 Å². The van der Waals surface area contributed by atoms with Crippen LogP contribution in [0.3, 0.4) is 0 Å². The van der Waals surface area contributed by atoms with Gasteiger partial charge >= 0.3 is 5.97 Å². The van der Waals surface area contributed by atoms with Crippen molar-refractivity contribution >= 4 is 5.97 Å². The third-order valence-corrected chi connectivity index (χ3v) is 5.04. The molecule has 116 valence electrons. The molecule has 1 N–H and O–H groups in total. The molecule has 20 heavy (non-hydrogen) atoms. The molecule has 0 amide bonds. The number of carbonyl (C=O) groups excluding carboxylic acids is 1. The monoisotopic (exact) mass is 282 g/mol. The van der Waals surface area contributed by atoms with Crippen molar-refractivity contribution in [3.8, 4) is 0 Å². The molecule has 2 fully saturated rings. The Morgan fingerprint density at radius 3 is 2.50 bits per heavy atom. The minimum absolute atomic E-state index is 0.0135. The van der Waals surface area contributed by atoms with Gasteiger partial charge in [0.25, 0.3) is 0 Å². The summed E-state index contributed by atoms with van der Waals surface area (Å²) in [6.07, 6.45) is 5.33. The molecule has 2 aliphatic rings. The molecule has 1 heterocycles. The average Bonchev–Trinajstić information content (AvgIpc) is 2.59. The predicted molar refractivity (Wildman–Crippen MR) is 80.7 cm³/mol. The number of hydrogen-bond donors (Lipinski definition) is 1. The van der Waals surface area contributed by atoms with Gasteiger partial charge in [-0.1, -0.05) is 20.3 Å². The van der Waals surface area contributed by atoms with E-state index < -0.39 is 0 Å². The van der Waals surface area contributed by atoms with Crippen molar-refractivity contribution in [2.45, 2.75) is 58.4 Å². The molecule has 1 aliphatic heterocycles. The van der Waals surface area contributed by atoms with E-state index in [2.05, 4.69) is 24.1 Å². The molecule has 0 bridgehead atoms. The van der Waals surface area contributed by atoms with Crippen LogP contribution in [0.15, 0.2) is 0 Å². The van der Waals surface area contributed by atoms with E-state index in [1.165, 1.54) is 6.42 Å². The summed E-state index contributed by atoms with van der Waals surface area (Å²) in [5.41, 5.74) is -0.0197. The van der Waals surface area contributed by atoms with Gasteiger partial charge in [0.15, 0.2) is 0 Å². The first-order valence-electron chi connectivity index (χ1n) is 8.13. The summed E-state index contributed by atoms with van der Waals surface area (Å²) in [6, 6.07) is 0. The summed E-state index contributed by atoms with van der Waals surface area (Å²) in [7, 11) is 0. The third-order valence-electron chi connectivity index (χ3n) is 5.04. The van der Waals surface area contributed by atoms with E-state index in [0.717, 1.165) is 51.9 Å². The molecule has 1 saturated carbocycles. The topological polar surface area (TPSA) is 41.6 Å². The van der Waals surface area contributed by atoms with Gasteiger partial charge in [-0.2, -0.15) is 0 Å². The second-order valence-corrected chi connectivity index (χ2v) is 7.01. The Morgan fingerprint density at radius 2 is 1.85 bits per heavy atom. The van der Waals surface area contributed by atoms with Crippen LogP contribution in [-0.4, -0.2) is 49.2 Å². The highest BCUT2D eigenvalue weighted by molar-refractivity contribution is 5.81. The molecule has 0 aromatic heterocycles. The van der Waals surface area contributed by atoms with E-state index in [1.54, 1.807) is 0 Å².